The Morgan fingerprint density at radius 2 is 2.28 bits per heavy atom. The van der Waals surface area contributed by atoms with Gasteiger partial charge in [0.15, 0.2) is 0 Å². The summed E-state index contributed by atoms with van der Waals surface area (Å²) in [6.45, 7) is 4.91. The Balaban J connectivity index is 1.78. The zero-order chi connectivity index (χ0) is 12.8. The molecular formula is C14H23NO2S. The molecule has 0 saturated carbocycles. The second-order valence-corrected chi connectivity index (χ2v) is 6.17. The van der Waals surface area contributed by atoms with Crippen molar-refractivity contribution in [3.63, 3.8) is 0 Å². The lowest BCUT2D eigenvalue weighted by atomic mass is 9.81. The largest absolute Gasteiger partial charge is 0.396 e. The minimum atomic E-state index is 0.0289. The molecule has 18 heavy (non-hydrogen) atoms. The number of rotatable bonds is 6. The van der Waals surface area contributed by atoms with Crippen LogP contribution in [0.15, 0.2) is 16.8 Å². The summed E-state index contributed by atoms with van der Waals surface area (Å²) in [6, 6.07) is 2.63. The lowest BCUT2D eigenvalue weighted by Gasteiger charge is -2.36. The third kappa shape index (κ3) is 3.79. The van der Waals surface area contributed by atoms with Gasteiger partial charge >= 0.3 is 0 Å². The molecule has 1 atom stereocenters. The van der Waals surface area contributed by atoms with Crippen molar-refractivity contribution >= 4 is 11.3 Å². The van der Waals surface area contributed by atoms with E-state index in [1.165, 1.54) is 5.56 Å². The van der Waals surface area contributed by atoms with E-state index in [2.05, 4.69) is 29.1 Å². The van der Waals surface area contributed by atoms with Crippen molar-refractivity contribution < 1.29 is 9.84 Å². The molecule has 1 aliphatic rings. The SMILES string of the molecule is CC(Cc1ccsc1)NCC1(CO)CCOCC1. The number of hydrogen-bond donors (Lipinski definition) is 2. The highest BCUT2D eigenvalue weighted by molar-refractivity contribution is 7.07. The van der Waals surface area contributed by atoms with E-state index in [0.717, 1.165) is 39.0 Å². The fourth-order valence-electron chi connectivity index (χ4n) is 2.42. The molecule has 0 aromatic carbocycles. The predicted octanol–water partition coefficient (Wildman–Crippen LogP) is 2.06. The fourth-order valence-corrected chi connectivity index (χ4v) is 3.10. The third-order valence-corrected chi connectivity index (χ3v) is 4.57. The van der Waals surface area contributed by atoms with Crippen molar-refractivity contribution in [1.82, 2.24) is 5.32 Å². The maximum absolute atomic E-state index is 9.62. The first-order valence-corrected chi connectivity index (χ1v) is 7.61. The molecule has 1 aromatic heterocycles. The second-order valence-electron chi connectivity index (χ2n) is 5.39. The maximum Gasteiger partial charge on any atom is 0.0501 e. The summed E-state index contributed by atoms with van der Waals surface area (Å²) >= 11 is 1.75. The number of nitrogens with one attached hydrogen (secondary N) is 1. The molecule has 4 heteroatoms. The summed E-state index contributed by atoms with van der Waals surface area (Å²) in [7, 11) is 0. The molecule has 0 bridgehead atoms. The van der Waals surface area contributed by atoms with Crippen molar-refractivity contribution in [3.8, 4) is 0 Å². The Labute approximate surface area is 113 Å². The molecule has 2 heterocycles. The quantitative estimate of drug-likeness (QED) is 0.830. The maximum atomic E-state index is 9.62. The van der Waals surface area contributed by atoms with Gasteiger partial charge < -0.3 is 15.2 Å². The summed E-state index contributed by atoms with van der Waals surface area (Å²) in [5.41, 5.74) is 1.42. The van der Waals surface area contributed by atoms with E-state index in [9.17, 15) is 5.11 Å². The van der Waals surface area contributed by atoms with Gasteiger partial charge in [-0.2, -0.15) is 11.3 Å². The van der Waals surface area contributed by atoms with Crippen LogP contribution in [0.25, 0.3) is 0 Å². The highest BCUT2D eigenvalue weighted by Crippen LogP contribution is 2.29. The zero-order valence-corrected chi connectivity index (χ0v) is 11.8. The zero-order valence-electron chi connectivity index (χ0n) is 11.0. The molecule has 0 aliphatic carbocycles. The molecule has 1 unspecified atom stereocenters. The molecule has 1 aliphatic heterocycles. The summed E-state index contributed by atoms with van der Waals surface area (Å²) in [5, 5.41) is 17.5. The number of hydrogen-bond acceptors (Lipinski definition) is 4. The minimum Gasteiger partial charge on any atom is -0.396 e. The van der Waals surface area contributed by atoms with Crippen molar-refractivity contribution in [2.45, 2.75) is 32.2 Å². The number of aliphatic hydroxyl groups is 1. The van der Waals surface area contributed by atoms with Gasteiger partial charge in [-0.25, -0.2) is 0 Å². The first-order chi connectivity index (χ1) is 8.74. The summed E-state index contributed by atoms with van der Waals surface area (Å²) in [6.07, 6.45) is 2.98. The van der Waals surface area contributed by atoms with Crippen LogP contribution in [-0.2, 0) is 11.2 Å². The number of ether oxygens (including phenoxy) is 1. The van der Waals surface area contributed by atoms with E-state index < -0.39 is 0 Å². The lowest BCUT2D eigenvalue weighted by Crippen LogP contribution is -2.44. The summed E-state index contributed by atoms with van der Waals surface area (Å²) in [4.78, 5) is 0. The Morgan fingerprint density at radius 1 is 1.50 bits per heavy atom. The predicted molar refractivity (Wildman–Crippen MR) is 75.1 cm³/mol. The molecule has 1 fully saturated rings. The van der Waals surface area contributed by atoms with Crippen LogP contribution >= 0.6 is 11.3 Å². The highest BCUT2D eigenvalue weighted by Gasteiger charge is 2.31. The van der Waals surface area contributed by atoms with E-state index in [4.69, 9.17) is 4.74 Å². The first-order valence-electron chi connectivity index (χ1n) is 6.67. The molecular weight excluding hydrogens is 246 g/mol. The van der Waals surface area contributed by atoms with Crippen molar-refractivity contribution in [1.29, 1.82) is 0 Å². The van der Waals surface area contributed by atoms with E-state index in [1.54, 1.807) is 11.3 Å². The minimum absolute atomic E-state index is 0.0289. The molecule has 0 spiro atoms. The Morgan fingerprint density at radius 3 is 2.89 bits per heavy atom. The normalized spacial score (nSPS) is 20.8. The Bertz CT molecular complexity index is 334. The van der Waals surface area contributed by atoms with Gasteiger partial charge in [-0.3, -0.25) is 0 Å². The molecule has 0 amide bonds. The van der Waals surface area contributed by atoms with E-state index in [0.29, 0.717) is 6.04 Å². The average Bonchev–Trinajstić information content (AvgIpc) is 2.90. The standard InChI is InChI=1S/C14H23NO2S/c1-12(8-13-2-7-18-9-13)15-10-14(11-16)3-5-17-6-4-14/h2,7,9,12,15-16H,3-6,8,10-11H2,1H3. The Hall–Kier alpha value is -0.420. The van der Waals surface area contributed by atoms with Crippen molar-refractivity contribution in [2.75, 3.05) is 26.4 Å². The van der Waals surface area contributed by atoms with E-state index in [-0.39, 0.29) is 12.0 Å². The van der Waals surface area contributed by atoms with Crippen LogP contribution in [0, 0.1) is 5.41 Å². The average molecular weight is 269 g/mol. The van der Waals surface area contributed by atoms with Gasteiger partial charge in [0.25, 0.3) is 0 Å². The number of thiophene rings is 1. The topological polar surface area (TPSA) is 41.5 Å². The van der Waals surface area contributed by atoms with Crippen molar-refractivity contribution in [2.24, 2.45) is 5.41 Å². The van der Waals surface area contributed by atoms with Gasteiger partial charge in [-0.15, -0.1) is 0 Å². The first kappa shape index (κ1) is 14.0. The number of aliphatic hydroxyl groups excluding tert-OH is 1. The smallest absolute Gasteiger partial charge is 0.0501 e. The molecule has 2 rings (SSSR count). The Kier molecular flexibility index (Phi) is 5.18. The van der Waals surface area contributed by atoms with E-state index in [1.807, 2.05) is 0 Å². The lowest BCUT2D eigenvalue weighted by molar-refractivity contribution is -0.0162. The van der Waals surface area contributed by atoms with Crippen LogP contribution in [0.2, 0.25) is 0 Å². The molecule has 102 valence electrons. The molecule has 0 radical (unpaired) electrons. The van der Waals surface area contributed by atoms with Gasteiger partial charge in [0, 0.05) is 31.2 Å². The van der Waals surface area contributed by atoms with Crippen LogP contribution in [0.4, 0.5) is 0 Å². The summed E-state index contributed by atoms with van der Waals surface area (Å²) in [5.74, 6) is 0. The molecule has 2 N–H and O–H groups in total. The monoisotopic (exact) mass is 269 g/mol. The molecule has 1 saturated heterocycles. The van der Waals surface area contributed by atoms with Crippen molar-refractivity contribution in [3.05, 3.63) is 22.4 Å². The third-order valence-electron chi connectivity index (χ3n) is 3.84. The second kappa shape index (κ2) is 6.66. The van der Waals surface area contributed by atoms with Gasteiger partial charge in [0.1, 0.15) is 0 Å². The summed E-state index contributed by atoms with van der Waals surface area (Å²) < 4.78 is 5.38. The van der Waals surface area contributed by atoms with Gasteiger partial charge in [-0.1, -0.05) is 0 Å². The van der Waals surface area contributed by atoms with Crippen LogP contribution in [0.5, 0.6) is 0 Å². The van der Waals surface area contributed by atoms with Crippen LogP contribution in [0.1, 0.15) is 25.3 Å². The van der Waals surface area contributed by atoms with E-state index >= 15 is 0 Å². The highest BCUT2D eigenvalue weighted by atomic mass is 32.1. The van der Waals surface area contributed by atoms with Crippen LogP contribution < -0.4 is 5.32 Å². The fraction of sp³-hybridized carbons (Fsp3) is 0.714. The molecule has 1 aromatic rings. The van der Waals surface area contributed by atoms with Crippen LogP contribution in [-0.4, -0.2) is 37.5 Å². The molecule has 3 nitrogen and oxygen atoms in total. The van der Waals surface area contributed by atoms with Gasteiger partial charge in [-0.05, 0) is 48.6 Å². The van der Waals surface area contributed by atoms with Gasteiger partial charge in [0.2, 0.25) is 0 Å². The van der Waals surface area contributed by atoms with Gasteiger partial charge in [0.05, 0.1) is 6.61 Å². The van der Waals surface area contributed by atoms with Crippen LogP contribution in [0.3, 0.4) is 0 Å².